The van der Waals surface area contributed by atoms with E-state index in [0.29, 0.717) is 44.8 Å². The van der Waals surface area contributed by atoms with Crippen molar-refractivity contribution >= 4 is 39.1 Å². The number of carbonyl (C=O) groups excluding carboxylic acids is 2. The lowest BCUT2D eigenvalue weighted by Gasteiger charge is -2.25. The van der Waals surface area contributed by atoms with E-state index in [9.17, 15) is 9.59 Å². The van der Waals surface area contributed by atoms with Crippen molar-refractivity contribution < 1.29 is 18.7 Å². The molecule has 10 nitrogen and oxygen atoms in total. The molecule has 35 heavy (non-hydrogen) atoms. The first kappa shape index (κ1) is 23.0. The molecule has 5 rings (SSSR count). The maximum atomic E-state index is 12.1. The summed E-state index contributed by atoms with van der Waals surface area (Å²) in [5.41, 5.74) is 2.50. The van der Waals surface area contributed by atoms with Crippen LogP contribution in [-0.4, -0.2) is 57.3 Å². The van der Waals surface area contributed by atoms with Crippen molar-refractivity contribution in [3.63, 3.8) is 0 Å². The van der Waals surface area contributed by atoms with E-state index < -0.39 is 5.54 Å². The van der Waals surface area contributed by atoms with E-state index in [4.69, 9.17) is 14.4 Å². The molecule has 2 aliphatic rings. The van der Waals surface area contributed by atoms with E-state index in [0.717, 1.165) is 27.2 Å². The van der Waals surface area contributed by atoms with Gasteiger partial charge in [-0.1, -0.05) is 12.1 Å². The Bertz CT molecular complexity index is 1350. The van der Waals surface area contributed by atoms with Crippen molar-refractivity contribution in [2.24, 2.45) is 0 Å². The molecule has 2 amide bonds. The highest BCUT2D eigenvalue weighted by molar-refractivity contribution is 7.18. The molecule has 1 aliphatic carbocycles. The second kappa shape index (κ2) is 9.46. The molecule has 0 unspecified atom stereocenters. The predicted octanol–water partition coefficient (Wildman–Crippen LogP) is 3.23. The van der Waals surface area contributed by atoms with Crippen molar-refractivity contribution in [2.75, 3.05) is 19.7 Å². The maximum Gasteiger partial charge on any atom is 0.410 e. The Hall–Kier alpha value is -3.78. The number of thiazole rings is 1. The van der Waals surface area contributed by atoms with Crippen LogP contribution in [0.15, 0.2) is 28.7 Å². The zero-order valence-corrected chi connectivity index (χ0v) is 20.1. The van der Waals surface area contributed by atoms with Crippen LogP contribution in [0.3, 0.4) is 0 Å². The fraction of sp³-hybridized carbons (Fsp3) is 0.417. The van der Waals surface area contributed by atoms with Gasteiger partial charge in [0.05, 0.1) is 29.3 Å². The number of nitrogens with zero attached hydrogens (tertiary/aromatic N) is 5. The highest BCUT2D eigenvalue weighted by Gasteiger charge is 2.44. The summed E-state index contributed by atoms with van der Waals surface area (Å²) in [6.07, 6.45) is 4.24. The van der Waals surface area contributed by atoms with Crippen molar-refractivity contribution in [2.45, 2.75) is 44.6 Å². The number of fused-ring (bicyclic) bond motifs is 1. The van der Waals surface area contributed by atoms with Crippen molar-refractivity contribution in [1.29, 1.82) is 5.26 Å². The van der Waals surface area contributed by atoms with Crippen LogP contribution >= 0.6 is 11.3 Å². The number of hydrogen-bond acceptors (Lipinski definition) is 9. The first-order chi connectivity index (χ1) is 17.0. The van der Waals surface area contributed by atoms with Crippen LogP contribution in [-0.2, 0) is 22.4 Å². The molecule has 3 heterocycles. The van der Waals surface area contributed by atoms with Gasteiger partial charge in [-0.15, -0.1) is 21.5 Å². The first-order valence-corrected chi connectivity index (χ1v) is 12.3. The zero-order chi connectivity index (χ0) is 24.4. The van der Waals surface area contributed by atoms with Gasteiger partial charge in [-0.25, -0.2) is 9.78 Å². The topological polar surface area (TPSA) is 134 Å². The average Bonchev–Trinajstić information content (AvgIpc) is 3.29. The Morgan fingerprint density at radius 3 is 2.86 bits per heavy atom. The average molecular weight is 493 g/mol. The minimum atomic E-state index is -0.715. The van der Waals surface area contributed by atoms with Crippen LogP contribution in [0.25, 0.3) is 15.8 Å². The molecule has 1 aliphatic heterocycles. The number of rotatable bonds is 7. The Labute approximate surface area is 205 Å². The lowest BCUT2D eigenvalue weighted by molar-refractivity contribution is -0.121. The van der Waals surface area contributed by atoms with Crippen LogP contribution < -0.4 is 5.32 Å². The molecule has 1 N–H and O–H groups in total. The van der Waals surface area contributed by atoms with Gasteiger partial charge in [0.2, 0.25) is 17.7 Å². The third kappa shape index (κ3) is 5.17. The molecule has 2 aromatic heterocycles. The van der Waals surface area contributed by atoms with E-state index in [1.54, 1.807) is 23.2 Å². The lowest BCUT2D eigenvalue weighted by atomic mass is 9.99. The van der Waals surface area contributed by atoms with E-state index in [-0.39, 0.29) is 24.3 Å². The highest BCUT2D eigenvalue weighted by atomic mass is 32.1. The van der Waals surface area contributed by atoms with E-state index in [2.05, 4.69) is 44.8 Å². The highest BCUT2D eigenvalue weighted by Crippen LogP contribution is 2.34. The van der Waals surface area contributed by atoms with Crippen LogP contribution in [0.1, 0.15) is 48.5 Å². The Morgan fingerprint density at radius 1 is 1.31 bits per heavy atom. The smallest absolute Gasteiger partial charge is 0.410 e. The van der Waals surface area contributed by atoms with Crippen LogP contribution in [0.4, 0.5) is 4.79 Å². The molecule has 1 aromatic carbocycles. The standard InChI is InChI=1S/C24H24N6O4S/c1-2-33-23(32)30-9-5-15(6-10-30)16-3-4-17-18(11-16)35-22(26-17)13-21-29-28-20(34-21)12-19(31)27-24(14-25)7-8-24/h3-5,11H,2,6-10,12-13H2,1H3,(H,27,31). The maximum absolute atomic E-state index is 12.1. The SMILES string of the molecule is CCOC(=O)N1CC=C(c2ccc3nc(Cc4nnc(CC(=O)NC5(C#N)CC5)o4)sc3c2)CC1. The van der Waals surface area contributed by atoms with E-state index in [1.807, 2.05) is 6.07 Å². The van der Waals surface area contributed by atoms with Crippen molar-refractivity contribution in [3.8, 4) is 6.07 Å². The number of aromatic nitrogens is 3. The summed E-state index contributed by atoms with van der Waals surface area (Å²) < 4.78 is 11.8. The zero-order valence-electron chi connectivity index (χ0n) is 19.2. The number of hydrogen-bond donors (Lipinski definition) is 1. The molecule has 180 valence electrons. The largest absolute Gasteiger partial charge is 0.450 e. The molecule has 1 fully saturated rings. The lowest BCUT2D eigenvalue weighted by Crippen LogP contribution is -2.36. The molecule has 0 saturated heterocycles. The molecular formula is C24H24N6O4S. The summed E-state index contributed by atoms with van der Waals surface area (Å²) in [6, 6.07) is 8.29. The third-order valence-electron chi connectivity index (χ3n) is 6.00. The van der Waals surface area contributed by atoms with E-state index >= 15 is 0 Å². The molecule has 3 aromatic rings. The predicted molar refractivity (Wildman–Crippen MR) is 127 cm³/mol. The van der Waals surface area contributed by atoms with Gasteiger partial charge in [-0.05, 0) is 49.5 Å². The van der Waals surface area contributed by atoms with Gasteiger partial charge in [0, 0.05) is 13.1 Å². The Balaban J connectivity index is 1.22. The number of benzene rings is 1. The number of carbonyl (C=O) groups is 2. The summed E-state index contributed by atoms with van der Waals surface area (Å²) >= 11 is 1.56. The van der Waals surface area contributed by atoms with Gasteiger partial charge >= 0.3 is 6.09 Å². The third-order valence-corrected chi connectivity index (χ3v) is 7.02. The summed E-state index contributed by atoms with van der Waals surface area (Å²) in [6.45, 7) is 3.35. The molecule has 0 radical (unpaired) electrons. The quantitative estimate of drug-likeness (QED) is 0.531. The minimum absolute atomic E-state index is 0.0532. The minimum Gasteiger partial charge on any atom is -0.450 e. The summed E-state index contributed by atoms with van der Waals surface area (Å²) in [7, 11) is 0. The summed E-state index contributed by atoms with van der Waals surface area (Å²) in [5, 5.41) is 20.7. The van der Waals surface area contributed by atoms with E-state index in [1.165, 1.54) is 5.57 Å². The van der Waals surface area contributed by atoms with Crippen molar-refractivity contribution in [3.05, 3.63) is 46.6 Å². The molecule has 0 bridgehead atoms. The van der Waals surface area contributed by atoms with Crippen LogP contribution in [0.5, 0.6) is 0 Å². The molecule has 11 heteroatoms. The molecule has 0 spiro atoms. The van der Waals surface area contributed by atoms with Crippen molar-refractivity contribution in [1.82, 2.24) is 25.4 Å². The van der Waals surface area contributed by atoms with Gasteiger partial charge in [0.1, 0.15) is 17.0 Å². The monoisotopic (exact) mass is 492 g/mol. The number of nitriles is 1. The van der Waals surface area contributed by atoms with Gasteiger partial charge in [0.25, 0.3) is 0 Å². The normalized spacial score (nSPS) is 16.5. The summed E-state index contributed by atoms with van der Waals surface area (Å²) in [5.74, 6) is 0.312. The summed E-state index contributed by atoms with van der Waals surface area (Å²) in [4.78, 5) is 30.4. The molecule has 0 atom stereocenters. The Morgan fingerprint density at radius 2 is 2.14 bits per heavy atom. The van der Waals surface area contributed by atoms with Gasteiger partial charge in [-0.3, -0.25) is 4.79 Å². The fourth-order valence-corrected chi connectivity index (χ4v) is 4.96. The number of nitrogens with one attached hydrogen (secondary N) is 1. The van der Waals surface area contributed by atoms with Gasteiger partial charge in [0.15, 0.2) is 0 Å². The fourth-order valence-electron chi connectivity index (χ4n) is 3.96. The first-order valence-electron chi connectivity index (χ1n) is 11.5. The second-order valence-electron chi connectivity index (χ2n) is 8.60. The molecular weight excluding hydrogens is 468 g/mol. The van der Waals surface area contributed by atoms with Gasteiger partial charge in [-0.2, -0.15) is 5.26 Å². The number of amides is 2. The van der Waals surface area contributed by atoms with Crippen LogP contribution in [0, 0.1) is 11.3 Å². The Kier molecular flexibility index (Phi) is 6.21. The van der Waals surface area contributed by atoms with Crippen LogP contribution in [0.2, 0.25) is 0 Å². The number of ether oxygens (including phenoxy) is 1. The molecule has 1 saturated carbocycles. The van der Waals surface area contributed by atoms with Gasteiger partial charge < -0.3 is 19.4 Å². The second-order valence-corrected chi connectivity index (χ2v) is 9.71.